The van der Waals surface area contributed by atoms with Gasteiger partial charge in [0.2, 0.25) is 5.28 Å². The van der Waals surface area contributed by atoms with Gasteiger partial charge < -0.3 is 5.32 Å². The molecule has 1 saturated carbocycles. The maximum Gasteiger partial charge on any atom is 0.416 e. The first-order valence-electron chi connectivity index (χ1n) is 7.20. The molecule has 0 saturated heterocycles. The topological polar surface area (TPSA) is 66.5 Å². The molecule has 0 amide bonds. The molecular formula is C15H11ClF3N5. The molecule has 0 aliphatic heterocycles. The molecule has 1 fully saturated rings. The lowest BCUT2D eigenvalue weighted by atomic mass is 10.0. The summed E-state index contributed by atoms with van der Waals surface area (Å²) in [5.74, 6) is 0.510. The first-order chi connectivity index (χ1) is 11.4. The second-order valence-corrected chi connectivity index (χ2v) is 6.09. The Bertz CT molecular complexity index is 900. The van der Waals surface area contributed by atoms with E-state index in [4.69, 9.17) is 11.6 Å². The number of anilines is 1. The van der Waals surface area contributed by atoms with Gasteiger partial charge in [0, 0.05) is 0 Å². The fraction of sp³-hybridized carbons (Fsp3) is 0.267. The van der Waals surface area contributed by atoms with Crippen molar-refractivity contribution in [2.75, 3.05) is 5.32 Å². The van der Waals surface area contributed by atoms with Crippen molar-refractivity contribution in [1.29, 1.82) is 0 Å². The monoisotopic (exact) mass is 353 g/mol. The number of H-pyrrole nitrogens is 1. The first kappa shape index (κ1) is 15.2. The third kappa shape index (κ3) is 2.56. The highest BCUT2D eigenvalue weighted by Crippen LogP contribution is 2.49. The van der Waals surface area contributed by atoms with Crippen LogP contribution in [0.1, 0.15) is 24.0 Å². The van der Waals surface area contributed by atoms with Crippen LogP contribution in [0.2, 0.25) is 5.28 Å². The number of alkyl halides is 3. The molecule has 9 heteroatoms. The minimum absolute atomic E-state index is 0.0671. The van der Waals surface area contributed by atoms with Crippen LogP contribution in [0.4, 0.5) is 19.0 Å². The molecule has 5 nitrogen and oxygen atoms in total. The summed E-state index contributed by atoms with van der Waals surface area (Å²) in [7, 11) is 0. The first-order valence-corrected chi connectivity index (χ1v) is 7.58. The maximum absolute atomic E-state index is 12.7. The predicted octanol–water partition coefficient (Wildman–Crippen LogP) is 4.13. The van der Waals surface area contributed by atoms with Crippen molar-refractivity contribution in [2.45, 2.75) is 24.6 Å². The fourth-order valence-electron chi connectivity index (χ4n) is 2.72. The third-order valence-electron chi connectivity index (χ3n) is 4.15. The summed E-state index contributed by atoms with van der Waals surface area (Å²) in [6, 6.07) is 5.19. The van der Waals surface area contributed by atoms with Gasteiger partial charge in [-0.1, -0.05) is 12.1 Å². The van der Waals surface area contributed by atoms with Crippen LogP contribution in [0.3, 0.4) is 0 Å². The van der Waals surface area contributed by atoms with Crippen molar-refractivity contribution in [3.8, 4) is 0 Å². The molecule has 0 bridgehead atoms. The van der Waals surface area contributed by atoms with Crippen LogP contribution in [0.25, 0.3) is 11.0 Å². The summed E-state index contributed by atoms with van der Waals surface area (Å²) >= 11 is 5.91. The third-order valence-corrected chi connectivity index (χ3v) is 4.32. The number of hydrogen-bond acceptors (Lipinski definition) is 4. The molecule has 124 valence electrons. The summed E-state index contributed by atoms with van der Waals surface area (Å²) in [6.07, 6.45) is -1.18. The summed E-state index contributed by atoms with van der Waals surface area (Å²) in [5.41, 5.74) is 0.179. The van der Waals surface area contributed by atoms with Crippen LogP contribution in [0.5, 0.6) is 0 Å². The summed E-state index contributed by atoms with van der Waals surface area (Å²) in [5, 5.41) is 10.7. The lowest BCUT2D eigenvalue weighted by Crippen LogP contribution is -2.20. The van der Waals surface area contributed by atoms with Crippen molar-refractivity contribution in [1.82, 2.24) is 20.2 Å². The molecule has 2 aromatic heterocycles. The smallest absolute Gasteiger partial charge is 0.360 e. The van der Waals surface area contributed by atoms with E-state index in [1.165, 1.54) is 12.1 Å². The molecule has 2 heterocycles. The predicted molar refractivity (Wildman–Crippen MR) is 82.7 cm³/mol. The molecule has 0 atom stereocenters. The van der Waals surface area contributed by atoms with E-state index in [0.29, 0.717) is 16.9 Å². The van der Waals surface area contributed by atoms with E-state index >= 15 is 0 Å². The Morgan fingerprint density at radius 3 is 2.46 bits per heavy atom. The van der Waals surface area contributed by atoms with Crippen molar-refractivity contribution in [3.05, 3.63) is 46.9 Å². The molecule has 0 radical (unpaired) electrons. The van der Waals surface area contributed by atoms with E-state index in [9.17, 15) is 13.2 Å². The minimum Gasteiger partial charge on any atom is -0.360 e. The number of nitrogens with one attached hydrogen (secondary N) is 2. The van der Waals surface area contributed by atoms with Gasteiger partial charge in [0.25, 0.3) is 0 Å². The molecule has 1 aromatic carbocycles. The van der Waals surface area contributed by atoms with Gasteiger partial charge in [0.15, 0.2) is 5.65 Å². The standard InChI is InChI=1S/C15H11ClF3N5/c16-13-21-11(10-7-20-24-12(10)22-13)23-14(5-6-14)8-1-3-9(4-2-8)15(17,18)19/h1-4,7H,5-6H2,(H2,20,21,22,23,24). The number of nitrogens with zero attached hydrogens (tertiary/aromatic N) is 3. The van der Waals surface area contributed by atoms with E-state index in [1.807, 2.05) is 0 Å². The second-order valence-electron chi connectivity index (χ2n) is 5.76. The van der Waals surface area contributed by atoms with Crippen LogP contribution in [-0.4, -0.2) is 20.2 Å². The van der Waals surface area contributed by atoms with Crippen LogP contribution < -0.4 is 5.32 Å². The molecule has 1 aliphatic carbocycles. The Balaban J connectivity index is 1.67. The van der Waals surface area contributed by atoms with Gasteiger partial charge in [0.1, 0.15) is 5.82 Å². The Hall–Kier alpha value is -2.35. The zero-order valence-electron chi connectivity index (χ0n) is 12.2. The Kier molecular flexibility index (Phi) is 3.21. The number of rotatable bonds is 3. The highest BCUT2D eigenvalue weighted by atomic mass is 35.5. The van der Waals surface area contributed by atoms with E-state index in [1.54, 1.807) is 6.20 Å². The molecular weight excluding hydrogens is 343 g/mol. The Morgan fingerprint density at radius 2 is 1.83 bits per heavy atom. The highest BCUT2D eigenvalue weighted by molar-refractivity contribution is 6.28. The number of aromatic amines is 1. The van der Waals surface area contributed by atoms with E-state index in [0.717, 1.165) is 30.5 Å². The van der Waals surface area contributed by atoms with Gasteiger partial charge in [-0.2, -0.15) is 28.2 Å². The molecule has 0 spiro atoms. The Labute approximate surface area is 139 Å². The zero-order valence-corrected chi connectivity index (χ0v) is 12.9. The van der Waals surface area contributed by atoms with Gasteiger partial charge in [-0.25, -0.2) is 0 Å². The molecule has 2 N–H and O–H groups in total. The average molecular weight is 354 g/mol. The fourth-order valence-corrected chi connectivity index (χ4v) is 2.89. The number of fused-ring (bicyclic) bond motifs is 1. The number of benzene rings is 1. The number of aromatic nitrogens is 4. The van der Waals surface area contributed by atoms with Gasteiger partial charge >= 0.3 is 6.18 Å². The van der Waals surface area contributed by atoms with Crippen molar-refractivity contribution in [3.63, 3.8) is 0 Å². The van der Waals surface area contributed by atoms with Gasteiger partial charge in [0.05, 0.1) is 22.7 Å². The molecule has 24 heavy (non-hydrogen) atoms. The number of hydrogen-bond donors (Lipinski definition) is 2. The lowest BCUT2D eigenvalue weighted by molar-refractivity contribution is -0.137. The molecule has 0 unspecified atom stereocenters. The molecule has 4 rings (SSSR count). The molecule has 3 aromatic rings. The molecule has 1 aliphatic rings. The van der Waals surface area contributed by atoms with Crippen LogP contribution in [-0.2, 0) is 11.7 Å². The average Bonchev–Trinajstić information content (AvgIpc) is 3.15. The van der Waals surface area contributed by atoms with Gasteiger partial charge in [-0.15, -0.1) is 0 Å². The summed E-state index contributed by atoms with van der Waals surface area (Å²) in [4.78, 5) is 8.21. The summed E-state index contributed by atoms with van der Waals surface area (Å²) in [6.45, 7) is 0. The van der Waals surface area contributed by atoms with Crippen LogP contribution >= 0.6 is 11.6 Å². The minimum atomic E-state index is -4.34. The van der Waals surface area contributed by atoms with Crippen molar-refractivity contribution in [2.24, 2.45) is 0 Å². The van der Waals surface area contributed by atoms with E-state index < -0.39 is 17.3 Å². The quantitative estimate of drug-likeness (QED) is 0.695. The van der Waals surface area contributed by atoms with Crippen molar-refractivity contribution < 1.29 is 13.2 Å². The van der Waals surface area contributed by atoms with Crippen LogP contribution in [0.15, 0.2) is 30.5 Å². The van der Waals surface area contributed by atoms with Crippen molar-refractivity contribution >= 4 is 28.5 Å². The normalized spacial score (nSPS) is 16.3. The van der Waals surface area contributed by atoms with Gasteiger partial charge in [-0.3, -0.25) is 5.10 Å². The lowest BCUT2D eigenvalue weighted by Gasteiger charge is -2.20. The zero-order chi connectivity index (χ0) is 16.9. The Morgan fingerprint density at radius 1 is 1.12 bits per heavy atom. The highest BCUT2D eigenvalue weighted by Gasteiger charge is 2.45. The van der Waals surface area contributed by atoms with Gasteiger partial charge in [-0.05, 0) is 42.1 Å². The van der Waals surface area contributed by atoms with E-state index in [-0.39, 0.29) is 5.28 Å². The summed E-state index contributed by atoms with van der Waals surface area (Å²) < 4.78 is 38.1. The van der Waals surface area contributed by atoms with E-state index in [2.05, 4.69) is 25.5 Å². The number of halogens is 4. The SMILES string of the molecule is FC(F)(F)c1ccc(C2(Nc3nc(Cl)nc4[nH]ncc34)CC2)cc1. The largest absolute Gasteiger partial charge is 0.416 e. The maximum atomic E-state index is 12.7. The van der Waals surface area contributed by atoms with Crippen LogP contribution in [0, 0.1) is 0 Å². The second kappa shape index (κ2) is 5.07.